The third-order valence-corrected chi connectivity index (χ3v) is 4.12. The first-order valence-electron chi connectivity index (χ1n) is 5.63. The molecule has 0 radical (unpaired) electrons. The lowest BCUT2D eigenvalue weighted by Gasteiger charge is -2.10. The Labute approximate surface area is 119 Å². The number of halogens is 1. The molecule has 98 valence electrons. The summed E-state index contributed by atoms with van der Waals surface area (Å²) in [7, 11) is 3.41. The molecule has 0 N–H and O–H groups in total. The molecule has 1 aliphatic carbocycles. The van der Waals surface area contributed by atoms with Gasteiger partial charge in [-0.2, -0.15) is 4.68 Å². The Morgan fingerprint density at radius 3 is 2.78 bits per heavy atom. The van der Waals surface area contributed by atoms with Crippen LogP contribution in [0.4, 0.5) is 4.79 Å². The monoisotopic (exact) mass is 330 g/mol. The normalized spacial score (nSPS) is 14.6. The van der Waals surface area contributed by atoms with Crippen molar-refractivity contribution >= 4 is 33.7 Å². The van der Waals surface area contributed by atoms with Crippen LogP contribution in [0.2, 0.25) is 0 Å². The number of aromatic nitrogens is 3. The number of rotatable bonds is 4. The SMILES string of the molecule is C=C(Br)CSc1nc(C2CC2)nn1C(=O)N(C)C. The number of thioether (sulfide) groups is 1. The van der Waals surface area contributed by atoms with Crippen LogP contribution in [0, 0.1) is 0 Å². The second-order valence-electron chi connectivity index (χ2n) is 4.42. The maximum atomic E-state index is 12.0. The summed E-state index contributed by atoms with van der Waals surface area (Å²) < 4.78 is 2.25. The Kier molecular flexibility index (Phi) is 4.11. The highest BCUT2D eigenvalue weighted by Crippen LogP contribution is 2.39. The fourth-order valence-corrected chi connectivity index (χ4v) is 2.41. The third-order valence-electron chi connectivity index (χ3n) is 2.46. The lowest BCUT2D eigenvalue weighted by molar-refractivity contribution is 0.213. The quantitative estimate of drug-likeness (QED) is 0.796. The third kappa shape index (κ3) is 3.14. The van der Waals surface area contributed by atoms with Crippen LogP contribution in [0.3, 0.4) is 0 Å². The van der Waals surface area contributed by atoms with Crippen LogP contribution >= 0.6 is 27.7 Å². The van der Waals surface area contributed by atoms with E-state index in [2.05, 4.69) is 32.6 Å². The molecular formula is C11H15BrN4OS. The maximum absolute atomic E-state index is 12.0. The summed E-state index contributed by atoms with van der Waals surface area (Å²) in [6.45, 7) is 3.78. The fraction of sp³-hybridized carbons (Fsp3) is 0.545. The van der Waals surface area contributed by atoms with Crippen LogP contribution in [0.5, 0.6) is 0 Å². The standard InChI is InChI=1S/C11H15BrN4OS/c1-7(12)6-18-10-13-9(8-4-5-8)14-16(10)11(17)15(2)3/h8H,1,4-6H2,2-3H3. The van der Waals surface area contributed by atoms with E-state index in [0.717, 1.165) is 23.1 Å². The molecule has 18 heavy (non-hydrogen) atoms. The second-order valence-corrected chi connectivity index (χ2v) is 6.49. The van der Waals surface area contributed by atoms with Gasteiger partial charge >= 0.3 is 6.03 Å². The van der Waals surface area contributed by atoms with E-state index < -0.39 is 0 Å². The largest absolute Gasteiger partial charge is 0.346 e. The minimum Gasteiger partial charge on any atom is -0.329 e. The Balaban J connectivity index is 2.23. The van der Waals surface area contributed by atoms with E-state index in [9.17, 15) is 4.79 Å². The van der Waals surface area contributed by atoms with Gasteiger partial charge in [-0.3, -0.25) is 0 Å². The first-order chi connectivity index (χ1) is 8.49. The van der Waals surface area contributed by atoms with Crippen LogP contribution in [0.15, 0.2) is 16.2 Å². The van der Waals surface area contributed by atoms with Crippen molar-refractivity contribution in [3.8, 4) is 0 Å². The summed E-state index contributed by atoms with van der Waals surface area (Å²) in [5, 5.41) is 4.96. The number of carbonyl (C=O) groups is 1. The molecule has 2 rings (SSSR count). The van der Waals surface area contributed by atoms with E-state index in [1.165, 1.54) is 21.3 Å². The zero-order chi connectivity index (χ0) is 13.3. The molecule has 0 aliphatic heterocycles. The van der Waals surface area contributed by atoms with Crippen LogP contribution in [0.25, 0.3) is 0 Å². The van der Waals surface area contributed by atoms with Gasteiger partial charge in [0.1, 0.15) is 0 Å². The zero-order valence-electron chi connectivity index (χ0n) is 10.4. The van der Waals surface area contributed by atoms with E-state index in [0.29, 0.717) is 16.8 Å². The lowest BCUT2D eigenvalue weighted by Crippen LogP contribution is -2.28. The number of amides is 1. The molecule has 0 atom stereocenters. The zero-order valence-corrected chi connectivity index (χ0v) is 12.8. The molecule has 1 aromatic heterocycles. The van der Waals surface area contributed by atoms with Crippen LogP contribution < -0.4 is 0 Å². The van der Waals surface area contributed by atoms with E-state index in [1.807, 2.05) is 0 Å². The van der Waals surface area contributed by atoms with Crippen LogP contribution in [-0.4, -0.2) is 45.5 Å². The highest BCUT2D eigenvalue weighted by atomic mass is 79.9. The molecule has 1 aromatic rings. The van der Waals surface area contributed by atoms with Crippen molar-refractivity contribution in [3.63, 3.8) is 0 Å². The molecule has 0 saturated heterocycles. The van der Waals surface area contributed by atoms with E-state index in [-0.39, 0.29) is 6.03 Å². The minimum absolute atomic E-state index is 0.169. The second kappa shape index (κ2) is 5.44. The summed E-state index contributed by atoms with van der Waals surface area (Å²) in [5.41, 5.74) is 0. The molecule has 1 heterocycles. The molecule has 1 fully saturated rings. The van der Waals surface area contributed by atoms with Crippen molar-refractivity contribution < 1.29 is 4.79 Å². The lowest BCUT2D eigenvalue weighted by atomic mass is 10.4. The van der Waals surface area contributed by atoms with Gasteiger partial charge in [-0.1, -0.05) is 34.3 Å². The average molecular weight is 331 g/mol. The summed E-state index contributed by atoms with van der Waals surface area (Å²) in [4.78, 5) is 18.0. The Hall–Kier alpha value is -0.820. The summed E-state index contributed by atoms with van der Waals surface area (Å²) in [6.07, 6.45) is 2.24. The molecule has 7 heteroatoms. The average Bonchev–Trinajstić information content (AvgIpc) is 3.06. The molecule has 0 spiro atoms. The molecule has 1 aliphatic rings. The van der Waals surface area contributed by atoms with Crippen molar-refractivity contribution in [1.82, 2.24) is 19.7 Å². The summed E-state index contributed by atoms with van der Waals surface area (Å²) >= 11 is 4.76. The van der Waals surface area contributed by atoms with Gasteiger partial charge in [0.2, 0.25) is 0 Å². The molecule has 1 saturated carbocycles. The van der Waals surface area contributed by atoms with E-state index in [1.54, 1.807) is 14.1 Å². The number of nitrogens with zero attached hydrogens (tertiary/aromatic N) is 4. The van der Waals surface area contributed by atoms with Crippen molar-refractivity contribution in [2.75, 3.05) is 19.8 Å². The Bertz CT molecular complexity index is 481. The van der Waals surface area contributed by atoms with Gasteiger partial charge in [0.05, 0.1) is 0 Å². The Morgan fingerprint density at radius 2 is 2.28 bits per heavy atom. The van der Waals surface area contributed by atoms with Crippen LogP contribution in [-0.2, 0) is 0 Å². The fourth-order valence-electron chi connectivity index (χ4n) is 1.38. The van der Waals surface area contributed by atoms with Crippen LogP contribution in [0.1, 0.15) is 24.6 Å². The van der Waals surface area contributed by atoms with E-state index in [4.69, 9.17) is 0 Å². The smallest absolute Gasteiger partial charge is 0.329 e. The van der Waals surface area contributed by atoms with Crippen molar-refractivity contribution in [1.29, 1.82) is 0 Å². The van der Waals surface area contributed by atoms with Gasteiger partial charge in [-0.05, 0) is 17.3 Å². The highest BCUT2D eigenvalue weighted by molar-refractivity contribution is 9.11. The molecule has 1 amide bonds. The maximum Gasteiger partial charge on any atom is 0.346 e. The molecular weight excluding hydrogens is 316 g/mol. The van der Waals surface area contributed by atoms with Gasteiger partial charge in [-0.25, -0.2) is 9.78 Å². The topological polar surface area (TPSA) is 51.0 Å². The first kappa shape index (κ1) is 13.6. The van der Waals surface area contributed by atoms with Crippen molar-refractivity contribution in [2.45, 2.75) is 23.9 Å². The summed E-state index contributed by atoms with van der Waals surface area (Å²) in [5.74, 6) is 1.89. The van der Waals surface area contributed by atoms with Crippen molar-refractivity contribution in [2.24, 2.45) is 0 Å². The first-order valence-corrected chi connectivity index (χ1v) is 7.41. The van der Waals surface area contributed by atoms with E-state index >= 15 is 0 Å². The molecule has 0 aromatic carbocycles. The highest BCUT2D eigenvalue weighted by Gasteiger charge is 2.30. The predicted octanol–water partition coefficient (Wildman–Crippen LogP) is 2.69. The molecule has 0 unspecified atom stereocenters. The Morgan fingerprint density at radius 1 is 1.61 bits per heavy atom. The summed E-state index contributed by atoms with van der Waals surface area (Å²) in [6, 6.07) is -0.169. The predicted molar refractivity (Wildman–Crippen MR) is 75.3 cm³/mol. The van der Waals surface area contributed by atoms with Gasteiger partial charge in [0.15, 0.2) is 11.0 Å². The molecule has 5 nitrogen and oxygen atoms in total. The minimum atomic E-state index is -0.169. The van der Waals surface area contributed by atoms with Crippen molar-refractivity contribution in [3.05, 3.63) is 16.9 Å². The van der Waals surface area contributed by atoms with Gasteiger partial charge in [0.25, 0.3) is 0 Å². The van der Waals surface area contributed by atoms with Gasteiger partial charge in [-0.15, -0.1) is 5.10 Å². The number of hydrogen-bond acceptors (Lipinski definition) is 4. The number of carbonyl (C=O) groups excluding carboxylic acids is 1. The molecule has 0 bridgehead atoms. The number of hydrogen-bond donors (Lipinski definition) is 0. The van der Waals surface area contributed by atoms with Gasteiger partial charge < -0.3 is 4.90 Å². The van der Waals surface area contributed by atoms with Gasteiger partial charge in [0, 0.05) is 25.8 Å².